The minimum atomic E-state index is -1.08. The number of pyridine rings is 1. The molecule has 19 heavy (non-hydrogen) atoms. The second-order valence-corrected chi connectivity index (χ2v) is 4.96. The molecule has 0 saturated carbocycles. The molecule has 1 aromatic carbocycles. The number of benzene rings is 1. The first-order chi connectivity index (χ1) is 9.04. The number of halogens is 2. The molecule has 1 heterocycles. The number of hydrogen-bond donors (Lipinski definition) is 1. The molecule has 2 aromatic rings. The molecule has 0 bridgehead atoms. The maximum Gasteiger partial charge on any atom is 0.337 e. The zero-order valence-corrected chi connectivity index (χ0v) is 12.2. The first-order valence-corrected chi connectivity index (χ1v) is 6.42. The Morgan fingerprint density at radius 2 is 2.16 bits per heavy atom. The Hall–Kier alpha value is -1.59. The van der Waals surface area contributed by atoms with Crippen LogP contribution in [0.5, 0.6) is 5.75 Å². The highest BCUT2D eigenvalue weighted by Gasteiger charge is 2.18. The van der Waals surface area contributed by atoms with E-state index >= 15 is 0 Å². The average molecular weight is 343 g/mol. The Morgan fingerprint density at radius 1 is 1.42 bits per heavy atom. The van der Waals surface area contributed by atoms with Gasteiger partial charge in [-0.3, -0.25) is 4.98 Å². The van der Waals surface area contributed by atoms with E-state index in [-0.39, 0.29) is 10.6 Å². The van der Waals surface area contributed by atoms with Gasteiger partial charge in [-0.2, -0.15) is 0 Å². The van der Waals surface area contributed by atoms with Gasteiger partial charge in [-0.25, -0.2) is 4.79 Å². The number of carboxylic acid groups (broad SMARTS) is 1. The van der Waals surface area contributed by atoms with Gasteiger partial charge in [-0.15, -0.1) is 0 Å². The van der Waals surface area contributed by atoms with Crippen LogP contribution in [0.2, 0.25) is 5.02 Å². The molecule has 6 heteroatoms. The number of hydrogen-bond acceptors (Lipinski definition) is 3. The summed E-state index contributed by atoms with van der Waals surface area (Å²) < 4.78 is 5.87. The summed E-state index contributed by atoms with van der Waals surface area (Å²) in [5, 5.41) is 9.50. The van der Waals surface area contributed by atoms with Crippen molar-refractivity contribution in [3.05, 3.63) is 45.7 Å². The van der Waals surface area contributed by atoms with Crippen LogP contribution in [0.1, 0.15) is 10.4 Å². The van der Waals surface area contributed by atoms with Crippen LogP contribution in [0.4, 0.5) is 0 Å². The third-order valence-electron chi connectivity index (χ3n) is 2.57. The summed E-state index contributed by atoms with van der Waals surface area (Å²) >= 11 is 9.47. The molecule has 0 aliphatic carbocycles. The molecule has 2 rings (SSSR count). The van der Waals surface area contributed by atoms with Gasteiger partial charge in [0.15, 0.2) is 0 Å². The lowest BCUT2D eigenvalue weighted by Crippen LogP contribution is -2.01. The normalized spacial score (nSPS) is 10.3. The van der Waals surface area contributed by atoms with E-state index in [1.165, 1.54) is 12.4 Å². The van der Waals surface area contributed by atoms with Crippen molar-refractivity contribution in [2.45, 2.75) is 0 Å². The molecule has 0 aliphatic heterocycles. The van der Waals surface area contributed by atoms with Crippen LogP contribution < -0.4 is 4.74 Å². The number of carboxylic acids is 1. The minimum absolute atomic E-state index is 0.0430. The maximum atomic E-state index is 11.3. The number of ether oxygens (including phenoxy) is 1. The highest BCUT2D eigenvalue weighted by atomic mass is 79.9. The Kier molecular flexibility index (Phi) is 4.07. The Balaban J connectivity index is 2.74. The van der Waals surface area contributed by atoms with Crippen LogP contribution in [0.15, 0.2) is 35.1 Å². The SMILES string of the molecule is COc1ccc(Br)c(-c2c(Cl)cncc2C(=O)O)c1. The Bertz CT molecular complexity index is 646. The number of carbonyl (C=O) groups is 1. The third-order valence-corrected chi connectivity index (χ3v) is 3.55. The molecule has 0 saturated heterocycles. The highest BCUT2D eigenvalue weighted by Crippen LogP contribution is 2.37. The fraction of sp³-hybridized carbons (Fsp3) is 0.0769. The molecular weight excluding hydrogens is 334 g/mol. The van der Waals surface area contributed by atoms with Crippen molar-refractivity contribution in [2.75, 3.05) is 7.11 Å². The standard InChI is InChI=1S/C13H9BrClNO3/c1-19-7-2-3-10(14)8(4-7)12-9(13(17)18)5-16-6-11(12)15/h2-6H,1H3,(H,17,18). The number of nitrogens with zero attached hydrogens (tertiary/aromatic N) is 1. The van der Waals surface area contributed by atoms with Crippen molar-refractivity contribution in [1.29, 1.82) is 0 Å². The Labute approximate surface area is 123 Å². The molecule has 0 unspecified atom stereocenters. The lowest BCUT2D eigenvalue weighted by atomic mass is 10.0. The van der Waals surface area contributed by atoms with Gasteiger partial charge in [0.25, 0.3) is 0 Å². The van der Waals surface area contributed by atoms with E-state index in [0.717, 1.165) is 4.47 Å². The molecule has 4 nitrogen and oxygen atoms in total. The third kappa shape index (κ3) is 2.72. The van der Waals surface area contributed by atoms with E-state index in [1.807, 2.05) is 0 Å². The number of aromatic nitrogens is 1. The molecule has 0 radical (unpaired) electrons. The smallest absolute Gasteiger partial charge is 0.337 e. The summed E-state index contributed by atoms with van der Waals surface area (Å²) in [4.78, 5) is 15.1. The van der Waals surface area contributed by atoms with Gasteiger partial charge in [0.2, 0.25) is 0 Å². The second-order valence-electron chi connectivity index (χ2n) is 3.69. The van der Waals surface area contributed by atoms with Crippen LogP contribution in [0.3, 0.4) is 0 Å². The van der Waals surface area contributed by atoms with E-state index < -0.39 is 5.97 Å². The topological polar surface area (TPSA) is 59.4 Å². The van der Waals surface area contributed by atoms with Crippen molar-refractivity contribution in [3.8, 4) is 16.9 Å². The summed E-state index contributed by atoms with van der Waals surface area (Å²) in [6.07, 6.45) is 2.69. The summed E-state index contributed by atoms with van der Waals surface area (Å²) in [7, 11) is 1.54. The van der Waals surface area contributed by atoms with Crippen molar-refractivity contribution in [2.24, 2.45) is 0 Å². The molecule has 1 N–H and O–H groups in total. The van der Waals surface area contributed by atoms with Crippen LogP contribution in [0.25, 0.3) is 11.1 Å². The lowest BCUT2D eigenvalue weighted by molar-refractivity contribution is 0.0697. The van der Waals surface area contributed by atoms with Crippen molar-refractivity contribution < 1.29 is 14.6 Å². The molecule has 1 aromatic heterocycles. The molecule has 0 amide bonds. The van der Waals surface area contributed by atoms with Crippen LogP contribution in [0, 0.1) is 0 Å². The quantitative estimate of drug-likeness (QED) is 0.920. The van der Waals surface area contributed by atoms with Crippen LogP contribution in [-0.2, 0) is 0 Å². The Morgan fingerprint density at radius 3 is 2.79 bits per heavy atom. The minimum Gasteiger partial charge on any atom is -0.497 e. The summed E-state index contributed by atoms with van der Waals surface area (Å²) in [5.41, 5.74) is 1.10. The molecule has 0 aliphatic rings. The largest absolute Gasteiger partial charge is 0.497 e. The van der Waals surface area contributed by atoms with Gasteiger partial charge in [0.1, 0.15) is 5.75 Å². The monoisotopic (exact) mass is 341 g/mol. The first kappa shape index (κ1) is 13.8. The lowest BCUT2D eigenvalue weighted by Gasteiger charge is -2.11. The molecular formula is C13H9BrClNO3. The van der Waals surface area contributed by atoms with E-state index in [1.54, 1.807) is 25.3 Å². The van der Waals surface area contributed by atoms with E-state index in [0.29, 0.717) is 16.9 Å². The van der Waals surface area contributed by atoms with Crippen LogP contribution in [-0.4, -0.2) is 23.2 Å². The van der Waals surface area contributed by atoms with Gasteiger partial charge in [-0.1, -0.05) is 27.5 Å². The average Bonchev–Trinajstić information content (AvgIpc) is 2.39. The first-order valence-electron chi connectivity index (χ1n) is 5.25. The fourth-order valence-corrected chi connectivity index (χ4v) is 2.40. The maximum absolute atomic E-state index is 11.3. The fourth-order valence-electron chi connectivity index (χ4n) is 1.69. The predicted octanol–water partition coefficient (Wildman–Crippen LogP) is 3.87. The summed E-state index contributed by atoms with van der Waals surface area (Å²) in [5.74, 6) is -0.470. The summed E-state index contributed by atoms with van der Waals surface area (Å²) in [6.45, 7) is 0. The van der Waals surface area contributed by atoms with Gasteiger partial charge in [0.05, 0.1) is 17.7 Å². The number of rotatable bonds is 3. The van der Waals surface area contributed by atoms with Gasteiger partial charge >= 0.3 is 5.97 Å². The second kappa shape index (κ2) is 5.59. The van der Waals surface area contributed by atoms with Crippen molar-refractivity contribution in [1.82, 2.24) is 4.98 Å². The molecule has 0 atom stereocenters. The van der Waals surface area contributed by atoms with E-state index in [2.05, 4.69) is 20.9 Å². The zero-order chi connectivity index (χ0) is 14.0. The van der Waals surface area contributed by atoms with Crippen molar-refractivity contribution in [3.63, 3.8) is 0 Å². The van der Waals surface area contributed by atoms with E-state index in [4.69, 9.17) is 16.3 Å². The highest BCUT2D eigenvalue weighted by molar-refractivity contribution is 9.10. The molecule has 0 spiro atoms. The van der Waals surface area contributed by atoms with Gasteiger partial charge < -0.3 is 9.84 Å². The number of methoxy groups -OCH3 is 1. The molecule has 0 fully saturated rings. The predicted molar refractivity (Wildman–Crippen MR) is 75.9 cm³/mol. The van der Waals surface area contributed by atoms with E-state index in [9.17, 15) is 9.90 Å². The number of aromatic carboxylic acids is 1. The summed E-state index contributed by atoms with van der Waals surface area (Å²) in [6, 6.07) is 5.26. The van der Waals surface area contributed by atoms with Gasteiger partial charge in [0, 0.05) is 28.0 Å². The zero-order valence-electron chi connectivity index (χ0n) is 9.85. The van der Waals surface area contributed by atoms with Crippen LogP contribution >= 0.6 is 27.5 Å². The molecule has 98 valence electrons. The van der Waals surface area contributed by atoms with Crippen molar-refractivity contribution >= 4 is 33.5 Å². The van der Waals surface area contributed by atoms with Gasteiger partial charge in [-0.05, 0) is 18.2 Å².